The minimum absolute atomic E-state index is 0.0937. The van der Waals surface area contributed by atoms with E-state index in [1.54, 1.807) is 7.11 Å². The van der Waals surface area contributed by atoms with Gasteiger partial charge in [-0.25, -0.2) is 8.78 Å². The lowest BCUT2D eigenvalue weighted by Gasteiger charge is -2.11. The van der Waals surface area contributed by atoms with E-state index in [1.807, 2.05) is 6.92 Å². The first-order valence-corrected chi connectivity index (χ1v) is 5.47. The Morgan fingerprint density at radius 3 is 2.50 bits per heavy atom. The molecule has 0 heterocycles. The smallest absolute Gasteiger partial charge is 0.251 e. The number of nitrogens with two attached hydrogens (primary N) is 1. The molecule has 0 saturated heterocycles. The van der Waals surface area contributed by atoms with Crippen molar-refractivity contribution < 1.29 is 18.3 Å². The molecule has 1 amide bonds. The molecule has 0 fully saturated rings. The van der Waals surface area contributed by atoms with Crippen molar-refractivity contribution in [3.63, 3.8) is 0 Å². The van der Waals surface area contributed by atoms with Crippen molar-refractivity contribution in [2.75, 3.05) is 26.0 Å². The average molecular weight is 258 g/mol. The van der Waals surface area contributed by atoms with Gasteiger partial charge in [0.15, 0.2) is 0 Å². The molecule has 0 radical (unpaired) electrons. The highest BCUT2D eigenvalue weighted by Crippen LogP contribution is 2.17. The van der Waals surface area contributed by atoms with E-state index in [4.69, 9.17) is 10.5 Å². The van der Waals surface area contributed by atoms with Gasteiger partial charge in [-0.05, 0) is 18.1 Å². The number of nitrogens with one attached hydrogen (secondary N) is 1. The van der Waals surface area contributed by atoms with Crippen LogP contribution in [0.2, 0.25) is 0 Å². The number of hydrogen-bond donors (Lipinski definition) is 2. The molecule has 0 aliphatic carbocycles. The third-order valence-electron chi connectivity index (χ3n) is 2.40. The summed E-state index contributed by atoms with van der Waals surface area (Å²) >= 11 is 0. The van der Waals surface area contributed by atoms with Crippen molar-refractivity contribution in [3.8, 4) is 0 Å². The van der Waals surface area contributed by atoms with Gasteiger partial charge in [-0.1, -0.05) is 6.92 Å². The Bertz CT molecular complexity index is 415. The number of methoxy groups -OCH3 is 1. The van der Waals surface area contributed by atoms with Crippen LogP contribution in [-0.4, -0.2) is 26.2 Å². The van der Waals surface area contributed by atoms with Crippen molar-refractivity contribution in [2.24, 2.45) is 5.92 Å². The third-order valence-corrected chi connectivity index (χ3v) is 2.40. The summed E-state index contributed by atoms with van der Waals surface area (Å²) in [7, 11) is 1.56. The van der Waals surface area contributed by atoms with E-state index < -0.39 is 23.2 Å². The zero-order chi connectivity index (χ0) is 13.7. The van der Waals surface area contributed by atoms with Crippen LogP contribution in [0.3, 0.4) is 0 Å². The largest absolute Gasteiger partial charge is 0.394 e. The molecule has 6 heteroatoms. The van der Waals surface area contributed by atoms with E-state index >= 15 is 0 Å². The van der Waals surface area contributed by atoms with Gasteiger partial charge in [0.1, 0.15) is 17.3 Å². The molecule has 0 saturated carbocycles. The zero-order valence-electron chi connectivity index (χ0n) is 10.3. The number of benzene rings is 1. The molecule has 0 aliphatic heterocycles. The van der Waals surface area contributed by atoms with Crippen LogP contribution in [0.4, 0.5) is 14.5 Å². The van der Waals surface area contributed by atoms with Crippen molar-refractivity contribution in [2.45, 2.75) is 6.92 Å². The average Bonchev–Trinajstić information content (AvgIpc) is 2.32. The van der Waals surface area contributed by atoms with Crippen LogP contribution in [0.1, 0.15) is 17.3 Å². The van der Waals surface area contributed by atoms with Gasteiger partial charge in [0.25, 0.3) is 5.91 Å². The number of anilines is 1. The highest BCUT2D eigenvalue weighted by atomic mass is 19.1. The molecule has 1 aromatic carbocycles. The Morgan fingerprint density at radius 1 is 1.44 bits per heavy atom. The summed E-state index contributed by atoms with van der Waals surface area (Å²) in [5.41, 5.74) is 4.44. The van der Waals surface area contributed by atoms with E-state index in [2.05, 4.69) is 5.32 Å². The number of hydrogen-bond acceptors (Lipinski definition) is 3. The number of amides is 1. The van der Waals surface area contributed by atoms with Crippen LogP contribution in [0.25, 0.3) is 0 Å². The van der Waals surface area contributed by atoms with Gasteiger partial charge in [-0.15, -0.1) is 0 Å². The van der Waals surface area contributed by atoms with E-state index in [0.717, 1.165) is 12.1 Å². The second-order valence-electron chi connectivity index (χ2n) is 4.12. The Kier molecular flexibility index (Phi) is 5.03. The third kappa shape index (κ3) is 3.66. The molecule has 4 nitrogen and oxygen atoms in total. The second-order valence-corrected chi connectivity index (χ2v) is 4.12. The summed E-state index contributed by atoms with van der Waals surface area (Å²) in [6.45, 7) is 2.74. The van der Waals surface area contributed by atoms with E-state index in [-0.39, 0.29) is 11.5 Å². The summed E-state index contributed by atoms with van der Waals surface area (Å²) in [5.74, 6) is -2.31. The molecule has 3 N–H and O–H groups in total. The van der Waals surface area contributed by atoms with Gasteiger partial charge in [0.2, 0.25) is 0 Å². The standard InChI is InChI=1S/C12H16F2N2O2/c1-7(6-18-2)5-16-12(17)8-3-9(13)11(15)10(14)4-8/h3-4,7H,5-6,15H2,1-2H3,(H,16,17). The maximum absolute atomic E-state index is 13.2. The fourth-order valence-electron chi connectivity index (χ4n) is 1.43. The van der Waals surface area contributed by atoms with Crippen LogP contribution in [0.5, 0.6) is 0 Å². The van der Waals surface area contributed by atoms with E-state index in [1.165, 1.54) is 0 Å². The first-order valence-electron chi connectivity index (χ1n) is 5.47. The SMILES string of the molecule is COCC(C)CNC(=O)c1cc(F)c(N)c(F)c1. The topological polar surface area (TPSA) is 64.3 Å². The fraction of sp³-hybridized carbons (Fsp3) is 0.417. The van der Waals surface area contributed by atoms with Gasteiger partial charge < -0.3 is 15.8 Å². The highest BCUT2D eigenvalue weighted by Gasteiger charge is 2.13. The Balaban J connectivity index is 2.67. The minimum Gasteiger partial charge on any atom is -0.394 e. The molecule has 0 aromatic heterocycles. The summed E-state index contributed by atoms with van der Waals surface area (Å²) in [6.07, 6.45) is 0. The Morgan fingerprint density at radius 2 is 2.00 bits per heavy atom. The number of nitrogen functional groups attached to an aromatic ring is 1. The lowest BCUT2D eigenvalue weighted by molar-refractivity contribution is 0.0933. The van der Waals surface area contributed by atoms with Crippen LogP contribution in [-0.2, 0) is 4.74 Å². The van der Waals surface area contributed by atoms with Gasteiger partial charge in [-0.3, -0.25) is 4.79 Å². The summed E-state index contributed by atoms with van der Waals surface area (Å²) in [4.78, 5) is 11.6. The number of rotatable bonds is 5. The van der Waals surface area contributed by atoms with Crippen LogP contribution in [0.15, 0.2) is 12.1 Å². The first-order chi connectivity index (χ1) is 8.45. The summed E-state index contributed by atoms with van der Waals surface area (Å²) in [5, 5.41) is 2.56. The predicted octanol–water partition coefficient (Wildman–Crippen LogP) is 1.56. The number of halogens is 2. The van der Waals surface area contributed by atoms with E-state index in [0.29, 0.717) is 13.2 Å². The minimum atomic E-state index is -0.940. The van der Waals surface area contributed by atoms with Crippen LogP contribution < -0.4 is 11.1 Å². The van der Waals surface area contributed by atoms with Crippen molar-refractivity contribution in [1.82, 2.24) is 5.32 Å². The van der Waals surface area contributed by atoms with Gasteiger partial charge in [-0.2, -0.15) is 0 Å². The molecule has 1 rings (SSSR count). The fourth-order valence-corrected chi connectivity index (χ4v) is 1.43. The molecular formula is C12H16F2N2O2. The number of carbonyl (C=O) groups excluding carboxylic acids is 1. The lowest BCUT2D eigenvalue weighted by Crippen LogP contribution is -2.30. The second kappa shape index (κ2) is 6.30. The molecule has 1 unspecified atom stereocenters. The Hall–Kier alpha value is -1.69. The van der Waals surface area contributed by atoms with Gasteiger partial charge in [0.05, 0.1) is 6.61 Å². The predicted molar refractivity (Wildman–Crippen MR) is 64.1 cm³/mol. The molecule has 0 aliphatic rings. The normalized spacial score (nSPS) is 12.2. The number of carbonyl (C=O) groups is 1. The zero-order valence-corrected chi connectivity index (χ0v) is 10.3. The highest BCUT2D eigenvalue weighted by molar-refractivity contribution is 5.94. The molecule has 1 atom stereocenters. The molecular weight excluding hydrogens is 242 g/mol. The van der Waals surface area contributed by atoms with Gasteiger partial charge >= 0.3 is 0 Å². The number of ether oxygens (including phenoxy) is 1. The molecule has 0 bridgehead atoms. The lowest BCUT2D eigenvalue weighted by atomic mass is 10.1. The monoisotopic (exact) mass is 258 g/mol. The van der Waals surface area contributed by atoms with Crippen LogP contribution in [0, 0.1) is 17.6 Å². The summed E-state index contributed by atoms with van der Waals surface area (Å²) < 4.78 is 31.2. The van der Waals surface area contributed by atoms with Crippen molar-refractivity contribution >= 4 is 11.6 Å². The molecule has 1 aromatic rings. The molecule has 18 heavy (non-hydrogen) atoms. The molecule has 0 spiro atoms. The Labute approximate surface area is 104 Å². The first kappa shape index (κ1) is 14.4. The van der Waals surface area contributed by atoms with Crippen molar-refractivity contribution in [3.05, 3.63) is 29.3 Å². The molecule has 100 valence electrons. The maximum atomic E-state index is 13.2. The summed E-state index contributed by atoms with van der Waals surface area (Å²) in [6, 6.07) is 1.82. The van der Waals surface area contributed by atoms with Crippen molar-refractivity contribution in [1.29, 1.82) is 0 Å². The van der Waals surface area contributed by atoms with E-state index in [9.17, 15) is 13.6 Å². The van der Waals surface area contributed by atoms with Gasteiger partial charge in [0, 0.05) is 19.2 Å². The van der Waals surface area contributed by atoms with Crippen LogP contribution >= 0.6 is 0 Å². The quantitative estimate of drug-likeness (QED) is 0.788. The maximum Gasteiger partial charge on any atom is 0.251 e.